The second kappa shape index (κ2) is 6.80. The molecule has 1 aromatic rings. The van der Waals surface area contributed by atoms with Crippen LogP contribution in [0.4, 0.5) is 10.5 Å². The van der Waals surface area contributed by atoms with E-state index in [2.05, 4.69) is 5.32 Å². The molecule has 6 heteroatoms. The number of halogens is 1. The summed E-state index contributed by atoms with van der Waals surface area (Å²) in [5.41, 5.74) is 1.56. The van der Waals surface area contributed by atoms with Crippen LogP contribution >= 0.6 is 11.6 Å². The Hall–Kier alpha value is -1.75. The Morgan fingerprint density at radius 1 is 1.43 bits per heavy atom. The predicted molar refractivity (Wildman–Crippen MR) is 81.8 cm³/mol. The van der Waals surface area contributed by atoms with Crippen LogP contribution in [0.1, 0.15) is 31.2 Å². The van der Waals surface area contributed by atoms with Gasteiger partial charge in [0, 0.05) is 23.3 Å². The Morgan fingerprint density at radius 2 is 2.19 bits per heavy atom. The normalized spacial score (nSPS) is 18.4. The minimum Gasteiger partial charge on any atom is -0.481 e. The van der Waals surface area contributed by atoms with Crippen LogP contribution < -0.4 is 5.32 Å². The molecule has 5 nitrogen and oxygen atoms in total. The van der Waals surface area contributed by atoms with E-state index in [9.17, 15) is 9.59 Å². The number of piperidine rings is 1. The summed E-state index contributed by atoms with van der Waals surface area (Å²) in [5, 5.41) is 12.3. The lowest BCUT2D eigenvalue weighted by Crippen LogP contribution is -2.46. The molecule has 0 saturated carbocycles. The van der Waals surface area contributed by atoms with E-state index in [1.165, 1.54) is 0 Å². The molecule has 21 heavy (non-hydrogen) atoms. The van der Waals surface area contributed by atoms with Crippen molar-refractivity contribution in [2.45, 2.75) is 38.6 Å². The fourth-order valence-corrected chi connectivity index (χ4v) is 2.73. The van der Waals surface area contributed by atoms with Crippen LogP contribution in [0.2, 0.25) is 5.02 Å². The number of aliphatic carboxylic acids is 1. The first-order valence-corrected chi connectivity index (χ1v) is 7.40. The number of likely N-dealkylation sites (tertiary alicyclic amines) is 1. The Morgan fingerprint density at radius 3 is 2.86 bits per heavy atom. The molecule has 114 valence electrons. The molecule has 0 aliphatic carbocycles. The molecule has 1 aliphatic rings. The molecule has 1 unspecified atom stereocenters. The number of carboxylic acids is 1. The first-order valence-electron chi connectivity index (χ1n) is 7.03. The molecule has 1 atom stereocenters. The third-order valence-corrected chi connectivity index (χ3v) is 4.13. The molecular formula is C15H19ClN2O3. The smallest absolute Gasteiger partial charge is 0.322 e. The van der Waals surface area contributed by atoms with Gasteiger partial charge in [0.25, 0.3) is 0 Å². The van der Waals surface area contributed by atoms with Crippen molar-refractivity contribution < 1.29 is 14.7 Å². The summed E-state index contributed by atoms with van der Waals surface area (Å²) in [6.45, 7) is 2.48. The van der Waals surface area contributed by atoms with Crippen molar-refractivity contribution in [3.63, 3.8) is 0 Å². The van der Waals surface area contributed by atoms with Crippen molar-refractivity contribution in [2.24, 2.45) is 0 Å². The Bertz CT molecular complexity index is 548. The maximum atomic E-state index is 12.3. The third kappa shape index (κ3) is 4.11. The number of urea groups is 1. The van der Waals surface area contributed by atoms with Gasteiger partial charge >= 0.3 is 12.0 Å². The SMILES string of the molecule is Cc1ccc(NC(=O)N2CCCCC2CC(=O)O)cc1Cl. The largest absolute Gasteiger partial charge is 0.481 e. The lowest BCUT2D eigenvalue weighted by atomic mass is 10.00. The fraction of sp³-hybridized carbons (Fsp3) is 0.467. The van der Waals surface area contributed by atoms with E-state index < -0.39 is 5.97 Å². The summed E-state index contributed by atoms with van der Waals surface area (Å²) in [6, 6.07) is 4.82. The van der Waals surface area contributed by atoms with E-state index in [1.54, 1.807) is 17.0 Å². The van der Waals surface area contributed by atoms with Gasteiger partial charge in [0.2, 0.25) is 0 Å². The first kappa shape index (κ1) is 15.6. The molecule has 2 amide bonds. The van der Waals surface area contributed by atoms with Gasteiger partial charge in [0.05, 0.1) is 6.42 Å². The Kier molecular flexibility index (Phi) is 5.07. The van der Waals surface area contributed by atoms with Crippen LogP contribution in [0, 0.1) is 6.92 Å². The topological polar surface area (TPSA) is 69.6 Å². The lowest BCUT2D eigenvalue weighted by Gasteiger charge is -2.34. The van der Waals surface area contributed by atoms with Crippen LogP contribution in [0.25, 0.3) is 0 Å². The van der Waals surface area contributed by atoms with Crippen molar-refractivity contribution in [1.82, 2.24) is 4.90 Å². The van der Waals surface area contributed by atoms with Crippen molar-refractivity contribution in [1.29, 1.82) is 0 Å². The van der Waals surface area contributed by atoms with Crippen molar-refractivity contribution in [3.05, 3.63) is 28.8 Å². The molecule has 0 aromatic heterocycles. The molecule has 1 heterocycles. The molecule has 0 spiro atoms. The number of carbonyl (C=O) groups is 2. The van der Waals surface area contributed by atoms with Gasteiger partial charge in [0.15, 0.2) is 0 Å². The number of rotatable bonds is 3. The maximum Gasteiger partial charge on any atom is 0.322 e. The highest BCUT2D eigenvalue weighted by Gasteiger charge is 2.28. The van der Waals surface area contributed by atoms with Gasteiger partial charge in [-0.1, -0.05) is 17.7 Å². The summed E-state index contributed by atoms with van der Waals surface area (Å²) in [4.78, 5) is 24.9. The van der Waals surface area contributed by atoms with E-state index >= 15 is 0 Å². The second-order valence-electron chi connectivity index (χ2n) is 5.33. The zero-order chi connectivity index (χ0) is 15.4. The highest BCUT2D eigenvalue weighted by molar-refractivity contribution is 6.31. The highest BCUT2D eigenvalue weighted by atomic mass is 35.5. The lowest BCUT2D eigenvalue weighted by molar-refractivity contribution is -0.138. The monoisotopic (exact) mass is 310 g/mol. The molecule has 2 N–H and O–H groups in total. The average molecular weight is 311 g/mol. The van der Waals surface area contributed by atoms with Gasteiger partial charge in [-0.05, 0) is 43.9 Å². The number of hydrogen-bond donors (Lipinski definition) is 2. The van der Waals surface area contributed by atoms with Gasteiger partial charge in [-0.2, -0.15) is 0 Å². The first-order chi connectivity index (χ1) is 9.97. The number of nitrogens with zero attached hydrogens (tertiary/aromatic N) is 1. The van der Waals surface area contributed by atoms with E-state index in [0.29, 0.717) is 17.3 Å². The molecule has 1 aromatic carbocycles. The van der Waals surface area contributed by atoms with Gasteiger partial charge in [-0.3, -0.25) is 4.79 Å². The summed E-state index contributed by atoms with van der Waals surface area (Å²) < 4.78 is 0. The maximum absolute atomic E-state index is 12.3. The molecule has 1 saturated heterocycles. The summed E-state index contributed by atoms with van der Waals surface area (Å²) in [7, 11) is 0. The molecular weight excluding hydrogens is 292 g/mol. The molecule has 2 rings (SSSR count). The number of benzene rings is 1. The van der Waals surface area contributed by atoms with Crippen LogP contribution in [-0.4, -0.2) is 34.6 Å². The van der Waals surface area contributed by atoms with Crippen LogP contribution in [0.15, 0.2) is 18.2 Å². The standard InChI is InChI=1S/C15H19ClN2O3/c1-10-5-6-11(8-13(10)16)17-15(21)18-7-3-2-4-12(18)9-14(19)20/h5-6,8,12H,2-4,7,9H2,1H3,(H,17,21)(H,19,20). The van der Waals surface area contributed by atoms with Crippen LogP contribution in [0.5, 0.6) is 0 Å². The number of aryl methyl sites for hydroxylation is 1. The molecule has 1 fully saturated rings. The number of carbonyl (C=O) groups excluding carboxylic acids is 1. The molecule has 0 radical (unpaired) electrons. The average Bonchev–Trinajstić information content (AvgIpc) is 2.43. The zero-order valence-electron chi connectivity index (χ0n) is 11.9. The summed E-state index contributed by atoms with van der Waals surface area (Å²) >= 11 is 6.04. The number of nitrogens with one attached hydrogen (secondary N) is 1. The van der Waals surface area contributed by atoms with Crippen molar-refractivity contribution in [3.8, 4) is 0 Å². The van der Waals surface area contributed by atoms with Crippen LogP contribution in [0.3, 0.4) is 0 Å². The van der Waals surface area contributed by atoms with Gasteiger partial charge < -0.3 is 15.3 Å². The third-order valence-electron chi connectivity index (χ3n) is 3.72. The summed E-state index contributed by atoms with van der Waals surface area (Å²) in [6.07, 6.45) is 2.58. The van der Waals surface area contributed by atoms with E-state index in [0.717, 1.165) is 24.8 Å². The zero-order valence-corrected chi connectivity index (χ0v) is 12.7. The number of hydrogen-bond acceptors (Lipinski definition) is 2. The highest BCUT2D eigenvalue weighted by Crippen LogP contribution is 2.23. The fourth-order valence-electron chi connectivity index (χ4n) is 2.55. The molecule has 0 bridgehead atoms. The minimum atomic E-state index is -0.877. The van der Waals surface area contributed by atoms with E-state index in [4.69, 9.17) is 16.7 Å². The quantitative estimate of drug-likeness (QED) is 0.897. The summed E-state index contributed by atoms with van der Waals surface area (Å²) in [5.74, 6) is -0.877. The number of carboxylic acid groups (broad SMARTS) is 1. The number of anilines is 1. The number of amides is 2. The Labute approximate surface area is 128 Å². The van der Waals surface area contributed by atoms with Gasteiger partial charge in [0.1, 0.15) is 0 Å². The van der Waals surface area contributed by atoms with Crippen molar-refractivity contribution >= 4 is 29.3 Å². The van der Waals surface area contributed by atoms with E-state index in [1.807, 2.05) is 13.0 Å². The minimum absolute atomic E-state index is 0.0118. The van der Waals surface area contributed by atoms with Gasteiger partial charge in [-0.25, -0.2) is 4.79 Å². The second-order valence-corrected chi connectivity index (χ2v) is 5.74. The molecule has 1 aliphatic heterocycles. The van der Waals surface area contributed by atoms with Crippen LogP contribution in [-0.2, 0) is 4.79 Å². The predicted octanol–water partition coefficient (Wildman–Crippen LogP) is 3.51. The Balaban J connectivity index is 2.06. The van der Waals surface area contributed by atoms with E-state index in [-0.39, 0.29) is 18.5 Å². The van der Waals surface area contributed by atoms with Gasteiger partial charge in [-0.15, -0.1) is 0 Å². The van der Waals surface area contributed by atoms with Crippen molar-refractivity contribution in [2.75, 3.05) is 11.9 Å².